The van der Waals surface area contributed by atoms with Crippen molar-refractivity contribution in [2.75, 3.05) is 13.1 Å². The van der Waals surface area contributed by atoms with E-state index in [2.05, 4.69) is 21.2 Å². The molecule has 1 saturated heterocycles. The molecule has 1 heterocycles. The Kier molecular flexibility index (Phi) is 3.42. The first-order chi connectivity index (χ1) is 7.18. The molecule has 0 aromatic heterocycles. The molecule has 0 saturated carbocycles. The van der Waals surface area contributed by atoms with E-state index in [4.69, 9.17) is 0 Å². The normalized spacial score (nSPS) is 18.1. The Labute approximate surface area is 98.2 Å². The molecule has 0 amide bonds. The summed E-state index contributed by atoms with van der Waals surface area (Å²) in [5.41, 5.74) is 2.00. The Balaban J connectivity index is 2.33. The van der Waals surface area contributed by atoms with Gasteiger partial charge in [0.2, 0.25) is 0 Å². The van der Waals surface area contributed by atoms with Crippen LogP contribution in [0.4, 0.5) is 4.39 Å². The minimum atomic E-state index is -0.0764. The van der Waals surface area contributed by atoms with Crippen molar-refractivity contribution in [1.29, 1.82) is 0 Å². The van der Waals surface area contributed by atoms with Gasteiger partial charge in [-0.1, -0.05) is 6.07 Å². The molecule has 1 N–H and O–H groups in total. The lowest BCUT2D eigenvalue weighted by molar-refractivity contribution is 0.444. The quantitative estimate of drug-likeness (QED) is 0.826. The van der Waals surface area contributed by atoms with Gasteiger partial charge in [0.1, 0.15) is 5.82 Å². The topological polar surface area (TPSA) is 12.0 Å². The van der Waals surface area contributed by atoms with Gasteiger partial charge < -0.3 is 5.32 Å². The van der Waals surface area contributed by atoms with Crippen LogP contribution < -0.4 is 5.32 Å². The summed E-state index contributed by atoms with van der Waals surface area (Å²) in [5, 5.41) is 3.30. The Bertz CT molecular complexity index is 359. The van der Waals surface area contributed by atoms with Gasteiger partial charge in [0, 0.05) is 0 Å². The van der Waals surface area contributed by atoms with Crippen LogP contribution in [0.3, 0.4) is 0 Å². The van der Waals surface area contributed by atoms with E-state index in [0.29, 0.717) is 10.4 Å². The second-order valence-electron chi connectivity index (χ2n) is 4.17. The molecule has 0 atom stereocenters. The van der Waals surface area contributed by atoms with Gasteiger partial charge in [0.05, 0.1) is 4.47 Å². The molecule has 2 rings (SSSR count). The molecule has 1 aromatic carbocycles. The summed E-state index contributed by atoms with van der Waals surface area (Å²) in [4.78, 5) is 0. The Morgan fingerprint density at radius 2 is 2.00 bits per heavy atom. The van der Waals surface area contributed by atoms with Gasteiger partial charge in [-0.05, 0) is 71.9 Å². The first-order valence-corrected chi connectivity index (χ1v) is 6.14. The first-order valence-electron chi connectivity index (χ1n) is 5.34. The van der Waals surface area contributed by atoms with E-state index in [1.807, 2.05) is 19.1 Å². The molecule has 1 aliphatic rings. The molecular weight excluding hydrogens is 257 g/mol. The lowest BCUT2D eigenvalue weighted by Gasteiger charge is -2.24. The summed E-state index contributed by atoms with van der Waals surface area (Å²) in [6.45, 7) is 4.00. The number of aryl methyl sites for hydroxylation is 1. The fraction of sp³-hybridized carbons (Fsp3) is 0.500. The molecular formula is C12H15BrFN. The zero-order valence-electron chi connectivity index (χ0n) is 8.82. The largest absolute Gasteiger partial charge is 0.317 e. The van der Waals surface area contributed by atoms with E-state index >= 15 is 0 Å². The van der Waals surface area contributed by atoms with Crippen molar-refractivity contribution >= 4 is 15.9 Å². The minimum Gasteiger partial charge on any atom is -0.317 e. The minimum absolute atomic E-state index is 0.0764. The van der Waals surface area contributed by atoms with Gasteiger partial charge in [-0.2, -0.15) is 0 Å². The highest BCUT2D eigenvalue weighted by Gasteiger charge is 2.20. The number of hydrogen-bond acceptors (Lipinski definition) is 1. The molecule has 0 bridgehead atoms. The zero-order chi connectivity index (χ0) is 10.8. The SMILES string of the molecule is Cc1cc(Br)c(F)c(C2CCNCC2)c1. The van der Waals surface area contributed by atoms with Gasteiger partial charge in [0.25, 0.3) is 0 Å². The number of piperidine rings is 1. The highest BCUT2D eigenvalue weighted by molar-refractivity contribution is 9.10. The van der Waals surface area contributed by atoms with Crippen LogP contribution in [-0.4, -0.2) is 13.1 Å². The predicted molar refractivity (Wildman–Crippen MR) is 63.7 cm³/mol. The van der Waals surface area contributed by atoms with E-state index in [1.165, 1.54) is 0 Å². The van der Waals surface area contributed by atoms with Crippen LogP contribution in [-0.2, 0) is 0 Å². The summed E-state index contributed by atoms with van der Waals surface area (Å²) in [5.74, 6) is 0.301. The molecule has 0 aliphatic carbocycles. The van der Waals surface area contributed by atoms with Crippen molar-refractivity contribution < 1.29 is 4.39 Å². The standard InChI is InChI=1S/C12H15BrFN/c1-8-6-10(12(14)11(13)7-8)9-2-4-15-5-3-9/h6-7,9,15H,2-5H2,1H3. The second-order valence-corrected chi connectivity index (χ2v) is 5.03. The van der Waals surface area contributed by atoms with E-state index in [9.17, 15) is 4.39 Å². The van der Waals surface area contributed by atoms with Crippen molar-refractivity contribution in [3.8, 4) is 0 Å². The predicted octanol–water partition coefficient (Wildman–Crippen LogP) is 3.36. The Hall–Kier alpha value is -0.410. The number of hydrogen-bond donors (Lipinski definition) is 1. The summed E-state index contributed by atoms with van der Waals surface area (Å²) in [7, 11) is 0. The highest BCUT2D eigenvalue weighted by atomic mass is 79.9. The molecule has 1 nitrogen and oxygen atoms in total. The summed E-state index contributed by atoms with van der Waals surface area (Å²) in [6, 6.07) is 3.82. The van der Waals surface area contributed by atoms with E-state index < -0.39 is 0 Å². The van der Waals surface area contributed by atoms with E-state index in [0.717, 1.165) is 37.1 Å². The molecule has 3 heteroatoms. The highest BCUT2D eigenvalue weighted by Crippen LogP contribution is 2.31. The average molecular weight is 272 g/mol. The number of benzene rings is 1. The van der Waals surface area contributed by atoms with Gasteiger partial charge in [-0.3, -0.25) is 0 Å². The monoisotopic (exact) mass is 271 g/mol. The van der Waals surface area contributed by atoms with Gasteiger partial charge in [-0.15, -0.1) is 0 Å². The van der Waals surface area contributed by atoms with Crippen LogP contribution in [0, 0.1) is 12.7 Å². The van der Waals surface area contributed by atoms with E-state index in [1.54, 1.807) is 0 Å². The maximum atomic E-state index is 13.9. The number of nitrogens with one attached hydrogen (secondary N) is 1. The molecule has 0 unspecified atom stereocenters. The third-order valence-corrected chi connectivity index (χ3v) is 3.56. The second kappa shape index (κ2) is 4.62. The van der Waals surface area contributed by atoms with Crippen molar-refractivity contribution in [2.24, 2.45) is 0 Å². The summed E-state index contributed by atoms with van der Waals surface area (Å²) in [6.07, 6.45) is 2.07. The van der Waals surface area contributed by atoms with Crippen LogP contribution in [0.2, 0.25) is 0 Å². The molecule has 0 spiro atoms. The maximum absolute atomic E-state index is 13.9. The molecule has 1 fully saturated rings. The maximum Gasteiger partial charge on any atom is 0.140 e. The molecule has 0 radical (unpaired) electrons. The van der Waals surface area contributed by atoms with Crippen molar-refractivity contribution in [1.82, 2.24) is 5.32 Å². The van der Waals surface area contributed by atoms with Crippen LogP contribution >= 0.6 is 15.9 Å². The lowest BCUT2D eigenvalue weighted by Crippen LogP contribution is -2.27. The average Bonchev–Trinajstić information content (AvgIpc) is 2.24. The molecule has 82 valence electrons. The third-order valence-electron chi connectivity index (χ3n) is 2.98. The first kappa shape index (κ1) is 11.1. The zero-order valence-corrected chi connectivity index (χ0v) is 10.4. The van der Waals surface area contributed by atoms with Gasteiger partial charge in [0.15, 0.2) is 0 Å². The summed E-state index contributed by atoms with van der Waals surface area (Å²) >= 11 is 3.27. The van der Waals surface area contributed by atoms with E-state index in [-0.39, 0.29) is 5.82 Å². The van der Waals surface area contributed by atoms with Crippen molar-refractivity contribution in [3.05, 3.63) is 33.5 Å². The number of rotatable bonds is 1. The van der Waals surface area contributed by atoms with Crippen molar-refractivity contribution in [3.63, 3.8) is 0 Å². The van der Waals surface area contributed by atoms with Crippen LogP contribution in [0.15, 0.2) is 16.6 Å². The Morgan fingerprint density at radius 3 is 2.67 bits per heavy atom. The van der Waals surface area contributed by atoms with Gasteiger partial charge >= 0.3 is 0 Å². The van der Waals surface area contributed by atoms with Crippen LogP contribution in [0.5, 0.6) is 0 Å². The van der Waals surface area contributed by atoms with Crippen LogP contribution in [0.1, 0.15) is 29.9 Å². The lowest BCUT2D eigenvalue weighted by atomic mass is 9.89. The fourth-order valence-electron chi connectivity index (χ4n) is 2.18. The molecule has 1 aromatic rings. The molecule has 1 aliphatic heterocycles. The number of halogens is 2. The summed E-state index contributed by atoms with van der Waals surface area (Å²) < 4.78 is 14.5. The van der Waals surface area contributed by atoms with Gasteiger partial charge in [-0.25, -0.2) is 4.39 Å². The van der Waals surface area contributed by atoms with Crippen molar-refractivity contribution in [2.45, 2.75) is 25.7 Å². The smallest absolute Gasteiger partial charge is 0.140 e. The fourth-order valence-corrected chi connectivity index (χ4v) is 2.77. The third kappa shape index (κ3) is 2.40. The van der Waals surface area contributed by atoms with Crippen LogP contribution in [0.25, 0.3) is 0 Å². The molecule has 15 heavy (non-hydrogen) atoms. The Morgan fingerprint density at radius 1 is 1.33 bits per heavy atom.